The van der Waals surface area contributed by atoms with Gasteiger partial charge in [-0.25, -0.2) is 0 Å². The number of halogens is 2. The fourth-order valence-corrected chi connectivity index (χ4v) is 4.30. The van der Waals surface area contributed by atoms with Crippen molar-refractivity contribution < 1.29 is 9.53 Å². The highest BCUT2D eigenvalue weighted by molar-refractivity contribution is 6.42. The molecule has 0 spiro atoms. The topological polar surface area (TPSA) is 32.8 Å². The number of carbonyl (C=O) groups excluding carboxylic acids is 1. The van der Waals surface area contributed by atoms with Gasteiger partial charge in [-0.1, -0.05) is 71.7 Å². The minimum Gasteiger partial charge on any atom is -0.497 e. The molecule has 1 fully saturated rings. The number of rotatable bonds is 7. The van der Waals surface area contributed by atoms with E-state index in [9.17, 15) is 4.79 Å². The number of methoxy groups -OCH3 is 1. The molecule has 0 bridgehead atoms. The van der Waals surface area contributed by atoms with E-state index in [2.05, 4.69) is 17.0 Å². The van der Waals surface area contributed by atoms with Crippen molar-refractivity contribution in [3.63, 3.8) is 0 Å². The summed E-state index contributed by atoms with van der Waals surface area (Å²) >= 11 is 12.5. The zero-order valence-corrected chi connectivity index (χ0v) is 18.8. The first-order valence-corrected chi connectivity index (χ1v) is 11.0. The Labute approximate surface area is 192 Å². The predicted molar refractivity (Wildman–Crippen MR) is 124 cm³/mol. The van der Waals surface area contributed by atoms with E-state index in [0.717, 1.165) is 28.9 Å². The van der Waals surface area contributed by atoms with Crippen molar-refractivity contribution in [3.05, 3.63) is 99.5 Å². The molecule has 0 radical (unpaired) electrons. The first kappa shape index (κ1) is 21.7. The molecule has 31 heavy (non-hydrogen) atoms. The Balaban J connectivity index is 1.59. The molecule has 1 heterocycles. The van der Waals surface area contributed by atoms with Gasteiger partial charge in [0.1, 0.15) is 11.9 Å². The molecule has 160 valence electrons. The maximum atomic E-state index is 13.0. The van der Waals surface area contributed by atoms with Gasteiger partial charge in [-0.15, -0.1) is 0 Å². The van der Waals surface area contributed by atoms with Gasteiger partial charge in [0.05, 0.1) is 23.7 Å². The van der Waals surface area contributed by atoms with Crippen LogP contribution in [0.2, 0.25) is 10.0 Å². The molecule has 3 aromatic carbocycles. The average molecular weight is 455 g/mol. The molecular formula is C25H24Cl2N2O2. The van der Waals surface area contributed by atoms with E-state index in [-0.39, 0.29) is 12.1 Å². The third kappa shape index (κ3) is 5.04. The molecule has 1 aliphatic heterocycles. The fraction of sp³-hybridized carbons (Fsp3) is 0.240. The summed E-state index contributed by atoms with van der Waals surface area (Å²) in [6, 6.07) is 23.8. The third-order valence-electron chi connectivity index (χ3n) is 5.57. The fourth-order valence-electron chi connectivity index (χ4n) is 4.00. The number of ether oxygens (including phenoxy) is 1. The van der Waals surface area contributed by atoms with Gasteiger partial charge in [0, 0.05) is 13.1 Å². The SMILES string of the molecule is COc1ccc(CCN2C(=O)CN(Cc3ccccc3)C2c2ccc(Cl)c(Cl)c2)cc1. The van der Waals surface area contributed by atoms with Crippen molar-refractivity contribution in [2.24, 2.45) is 0 Å². The molecular weight excluding hydrogens is 431 g/mol. The monoisotopic (exact) mass is 454 g/mol. The van der Waals surface area contributed by atoms with Crippen molar-refractivity contribution in [1.29, 1.82) is 0 Å². The van der Waals surface area contributed by atoms with Gasteiger partial charge < -0.3 is 9.64 Å². The molecule has 3 aromatic rings. The van der Waals surface area contributed by atoms with Crippen LogP contribution in [0.3, 0.4) is 0 Å². The van der Waals surface area contributed by atoms with E-state index in [1.54, 1.807) is 13.2 Å². The van der Waals surface area contributed by atoms with Crippen molar-refractivity contribution >= 4 is 29.1 Å². The van der Waals surface area contributed by atoms with Crippen molar-refractivity contribution in [3.8, 4) is 5.75 Å². The molecule has 1 aliphatic rings. The van der Waals surface area contributed by atoms with Crippen LogP contribution >= 0.6 is 23.2 Å². The molecule has 0 aliphatic carbocycles. The molecule has 1 unspecified atom stereocenters. The van der Waals surface area contributed by atoms with Gasteiger partial charge in [0.25, 0.3) is 0 Å². The van der Waals surface area contributed by atoms with Crippen LogP contribution in [-0.4, -0.2) is 35.9 Å². The second-order valence-corrected chi connectivity index (χ2v) is 8.44. The molecule has 4 rings (SSSR count). The van der Waals surface area contributed by atoms with Crippen molar-refractivity contribution in [2.75, 3.05) is 20.2 Å². The van der Waals surface area contributed by atoms with Gasteiger partial charge in [0.15, 0.2) is 0 Å². The van der Waals surface area contributed by atoms with E-state index < -0.39 is 0 Å². The average Bonchev–Trinajstić information content (AvgIpc) is 3.09. The molecule has 1 atom stereocenters. The number of hydrogen-bond donors (Lipinski definition) is 0. The number of hydrogen-bond acceptors (Lipinski definition) is 3. The quantitative estimate of drug-likeness (QED) is 0.466. The summed E-state index contributed by atoms with van der Waals surface area (Å²) in [5.74, 6) is 0.934. The second-order valence-electron chi connectivity index (χ2n) is 7.62. The van der Waals surface area contributed by atoms with E-state index in [0.29, 0.717) is 29.7 Å². The molecule has 0 N–H and O–H groups in total. The lowest BCUT2D eigenvalue weighted by atomic mass is 10.1. The van der Waals surface area contributed by atoms with Crippen LogP contribution in [0.15, 0.2) is 72.8 Å². The molecule has 4 nitrogen and oxygen atoms in total. The second kappa shape index (κ2) is 9.73. The number of benzene rings is 3. The zero-order valence-electron chi connectivity index (χ0n) is 17.3. The highest BCUT2D eigenvalue weighted by Crippen LogP contribution is 2.35. The van der Waals surface area contributed by atoms with Crippen LogP contribution < -0.4 is 4.74 Å². The molecule has 0 saturated carbocycles. The number of amides is 1. The molecule has 6 heteroatoms. The van der Waals surface area contributed by atoms with Crippen LogP contribution in [0.1, 0.15) is 22.9 Å². The van der Waals surface area contributed by atoms with E-state index in [1.807, 2.05) is 59.5 Å². The maximum Gasteiger partial charge on any atom is 0.238 e. The molecule has 0 aromatic heterocycles. The van der Waals surface area contributed by atoms with Gasteiger partial charge >= 0.3 is 0 Å². The Bertz CT molecular complexity index is 1040. The Morgan fingerprint density at radius 2 is 1.68 bits per heavy atom. The van der Waals surface area contributed by atoms with Crippen LogP contribution in [-0.2, 0) is 17.8 Å². The Morgan fingerprint density at radius 3 is 2.35 bits per heavy atom. The summed E-state index contributed by atoms with van der Waals surface area (Å²) in [5, 5.41) is 1.00. The summed E-state index contributed by atoms with van der Waals surface area (Å²) in [4.78, 5) is 17.2. The Kier molecular flexibility index (Phi) is 6.81. The standard InChI is InChI=1S/C25H24Cl2N2O2/c1-31-21-10-7-18(8-11-21)13-14-29-24(30)17-28(16-19-5-3-2-4-6-19)25(29)20-9-12-22(26)23(27)15-20/h2-12,15,25H,13-14,16-17H2,1H3. The number of carbonyl (C=O) groups is 1. The van der Waals surface area contributed by atoms with Crippen LogP contribution in [0, 0.1) is 0 Å². The lowest BCUT2D eigenvalue weighted by Crippen LogP contribution is -2.33. The van der Waals surface area contributed by atoms with Crippen LogP contribution in [0.5, 0.6) is 5.75 Å². The van der Waals surface area contributed by atoms with Gasteiger partial charge in [0.2, 0.25) is 5.91 Å². The normalized spacial score (nSPS) is 16.7. The summed E-state index contributed by atoms with van der Waals surface area (Å²) in [7, 11) is 1.65. The van der Waals surface area contributed by atoms with Crippen molar-refractivity contribution in [2.45, 2.75) is 19.1 Å². The minimum absolute atomic E-state index is 0.112. The Morgan fingerprint density at radius 1 is 0.935 bits per heavy atom. The minimum atomic E-state index is -0.194. The van der Waals surface area contributed by atoms with Crippen molar-refractivity contribution in [1.82, 2.24) is 9.80 Å². The largest absolute Gasteiger partial charge is 0.497 e. The summed E-state index contributed by atoms with van der Waals surface area (Å²) in [6.07, 6.45) is 0.563. The highest BCUT2D eigenvalue weighted by atomic mass is 35.5. The first-order chi connectivity index (χ1) is 15.0. The van der Waals surface area contributed by atoms with Crippen LogP contribution in [0.4, 0.5) is 0 Å². The third-order valence-corrected chi connectivity index (χ3v) is 6.31. The summed E-state index contributed by atoms with van der Waals surface area (Å²) in [6.45, 7) is 1.65. The summed E-state index contributed by atoms with van der Waals surface area (Å²) < 4.78 is 5.24. The molecule has 1 amide bonds. The smallest absolute Gasteiger partial charge is 0.238 e. The van der Waals surface area contributed by atoms with E-state index >= 15 is 0 Å². The van der Waals surface area contributed by atoms with Gasteiger partial charge in [-0.3, -0.25) is 9.69 Å². The Hall–Kier alpha value is -2.53. The first-order valence-electron chi connectivity index (χ1n) is 10.2. The predicted octanol–water partition coefficient (Wildman–Crippen LogP) is 5.59. The van der Waals surface area contributed by atoms with Crippen LogP contribution in [0.25, 0.3) is 0 Å². The lowest BCUT2D eigenvalue weighted by molar-refractivity contribution is -0.128. The van der Waals surface area contributed by atoms with E-state index in [1.165, 1.54) is 0 Å². The maximum absolute atomic E-state index is 13.0. The van der Waals surface area contributed by atoms with Gasteiger partial charge in [-0.2, -0.15) is 0 Å². The van der Waals surface area contributed by atoms with E-state index in [4.69, 9.17) is 27.9 Å². The number of nitrogens with zero attached hydrogens (tertiary/aromatic N) is 2. The summed E-state index contributed by atoms with van der Waals surface area (Å²) in [5.41, 5.74) is 3.28. The van der Waals surface area contributed by atoms with Gasteiger partial charge in [-0.05, 0) is 47.4 Å². The zero-order chi connectivity index (χ0) is 21.8. The highest BCUT2D eigenvalue weighted by Gasteiger charge is 2.38. The lowest BCUT2D eigenvalue weighted by Gasteiger charge is -2.31. The molecule has 1 saturated heterocycles.